The van der Waals surface area contributed by atoms with Crippen LogP contribution in [0.4, 0.5) is 4.79 Å². The van der Waals surface area contributed by atoms with E-state index in [0.29, 0.717) is 25.2 Å². The Labute approximate surface area is 202 Å². The summed E-state index contributed by atoms with van der Waals surface area (Å²) in [5.41, 5.74) is 4.83. The molecule has 0 saturated carbocycles. The lowest BCUT2D eigenvalue weighted by Gasteiger charge is -2.10. The van der Waals surface area contributed by atoms with Crippen molar-refractivity contribution in [3.8, 4) is 28.5 Å². The summed E-state index contributed by atoms with van der Waals surface area (Å²) in [4.78, 5) is 14.6. The van der Waals surface area contributed by atoms with E-state index in [1.807, 2.05) is 54.6 Å². The molecule has 6 nitrogen and oxygen atoms in total. The normalized spacial score (nSPS) is 11.1. The minimum absolute atomic E-state index is 0.149. The molecule has 0 amide bonds. The molecule has 3 N–H and O–H groups in total. The fourth-order valence-corrected chi connectivity index (χ4v) is 4.58. The second-order valence-electron chi connectivity index (χ2n) is 8.46. The Morgan fingerprint density at radius 1 is 0.914 bits per heavy atom. The van der Waals surface area contributed by atoms with Gasteiger partial charge in [-0.15, -0.1) is 0 Å². The zero-order valence-electron chi connectivity index (χ0n) is 19.2. The average Bonchev–Trinajstić information content (AvgIpc) is 3.18. The van der Waals surface area contributed by atoms with Crippen LogP contribution in [0.1, 0.15) is 17.5 Å². The fourth-order valence-electron chi connectivity index (χ4n) is 4.58. The topological polar surface area (TPSA) is 91.8 Å². The molecule has 0 fully saturated rings. The van der Waals surface area contributed by atoms with E-state index in [0.717, 1.165) is 43.9 Å². The van der Waals surface area contributed by atoms with Crippen LogP contribution in [0, 0.1) is 6.92 Å². The van der Waals surface area contributed by atoms with Gasteiger partial charge >= 0.3 is 6.16 Å². The number of carboxylic acid groups (broad SMARTS) is 1. The third-order valence-corrected chi connectivity index (χ3v) is 6.16. The molecule has 1 heterocycles. The number of para-hydroxylation sites is 1. The van der Waals surface area contributed by atoms with E-state index in [1.54, 1.807) is 12.1 Å². The molecular formula is C29H25NO5. The lowest BCUT2D eigenvalue weighted by molar-refractivity contribution is 0.142. The summed E-state index contributed by atoms with van der Waals surface area (Å²) >= 11 is 0. The number of H-pyrrole nitrogens is 1. The van der Waals surface area contributed by atoms with Crippen molar-refractivity contribution in [1.29, 1.82) is 0 Å². The number of aryl methyl sites for hydroxylation is 2. The van der Waals surface area contributed by atoms with Gasteiger partial charge in [-0.25, -0.2) is 4.79 Å². The lowest BCUT2D eigenvalue weighted by atomic mass is 9.97. The number of fused-ring (bicyclic) bond motifs is 2. The maximum absolute atomic E-state index is 11.4. The molecule has 0 spiro atoms. The summed E-state index contributed by atoms with van der Waals surface area (Å²) in [6.07, 6.45) is -0.185. The monoisotopic (exact) mass is 467 g/mol. The molecule has 0 aliphatic carbocycles. The van der Waals surface area contributed by atoms with E-state index in [2.05, 4.69) is 24.0 Å². The SMILES string of the molecule is Cc1ccccc1-c1cccc2c(CCCOc3cc(O)cc4ccccc34)c(OC(=O)O)[nH]c12. The van der Waals surface area contributed by atoms with E-state index >= 15 is 0 Å². The van der Waals surface area contributed by atoms with Crippen LogP contribution in [0.3, 0.4) is 0 Å². The number of ether oxygens (including phenoxy) is 2. The van der Waals surface area contributed by atoms with Crippen LogP contribution >= 0.6 is 0 Å². The zero-order chi connectivity index (χ0) is 24.4. The average molecular weight is 468 g/mol. The molecule has 0 atom stereocenters. The fraction of sp³-hybridized carbons (Fsp3) is 0.138. The van der Waals surface area contributed by atoms with Crippen LogP contribution in [-0.4, -0.2) is 28.0 Å². The van der Waals surface area contributed by atoms with Crippen LogP contribution in [0.2, 0.25) is 0 Å². The molecular weight excluding hydrogens is 442 g/mol. The zero-order valence-corrected chi connectivity index (χ0v) is 19.2. The Hall–Kier alpha value is -4.45. The first-order valence-electron chi connectivity index (χ1n) is 11.5. The third kappa shape index (κ3) is 4.51. The summed E-state index contributed by atoms with van der Waals surface area (Å²) in [5.74, 6) is 0.996. The first kappa shape index (κ1) is 22.3. The van der Waals surface area contributed by atoms with E-state index in [-0.39, 0.29) is 11.6 Å². The number of phenols is 1. The van der Waals surface area contributed by atoms with Crippen LogP contribution in [0.25, 0.3) is 32.8 Å². The van der Waals surface area contributed by atoms with Crippen molar-refractivity contribution in [2.75, 3.05) is 6.61 Å². The molecule has 6 heteroatoms. The predicted octanol–water partition coefficient (Wildman–Crippen LogP) is 7.07. The van der Waals surface area contributed by atoms with Crippen molar-refractivity contribution in [2.45, 2.75) is 19.8 Å². The molecule has 0 aliphatic rings. The van der Waals surface area contributed by atoms with E-state index < -0.39 is 6.16 Å². The number of aromatic nitrogens is 1. The minimum atomic E-state index is -1.36. The molecule has 176 valence electrons. The summed E-state index contributed by atoms with van der Waals surface area (Å²) in [5, 5.41) is 22.1. The van der Waals surface area contributed by atoms with E-state index in [4.69, 9.17) is 9.47 Å². The summed E-state index contributed by atoms with van der Waals surface area (Å²) in [6, 6.07) is 25.1. The molecule has 5 rings (SSSR count). The highest BCUT2D eigenvalue weighted by Gasteiger charge is 2.18. The number of carbonyl (C=O) groups is 1. The van der Waals surface area contributed by atoms with Gasteiger partial charge in [-0.3, -0.25) is 0 Å². The van der Waals surface area contributed by atoms with Crippen molar-refractivity contribution in [3.63, 3.8) is 0 Å². The van der Waals surface area contributed by atoms with Crippen molar-refractivity contribution in [1.82, 2.24) is 4.98 Å². The van der Waals surface area contributed by atoms with Crippen LogP contribution in [-0.2, 0) is 6.42 Å². The Bertz CT molecular complexity index is 1540. The maximum atomic E-state index is 11.4. The number of hydrogen-bond acceptors (Lipinski definition) is 4. The van der Waals surface area contributed by atoms with Crippen LogP contribution in [0.5, 0.6) is 17.4 Å². The predicted molar refractivity (Wildman–Crippen MR) is 137 cm³/mol. The first-order valence-corrected chi connectivity index (χ1v) is 11.5. The van der Waals surface area contributed by atoms with Crippen molar-refractivity contribution in [2.24, 2.45) is 0 Å². The molecule has 0 aliphatic heterocycles. The summed E-state index contributed by atoms with van der Waals surface area (Å²) in [6.45, 7) is 2.44. The van der Waals surface area contributed by atoms with Gasteiger partial charge in [0.2, 0.25) is 5.88 Å². The van der Waals surface area contributed by atoms with Crippen LogP contribution in [0.15, 0.2) is 78.9 Å². The standard InChI is InChI=1S/C29H25NO5/c1-18-8-2-4-10-21(18)23-12-6-13-24-25(28(30-27(23)24)35-29(32)33)14-7-15-34-26-17-20(31)16-19-9-3-5-11-22(19)26/h2-6,8-13,16-17,30-31H,7,14-15H2,1H3,(H,32,33). The van der Waals surface area contributed by atoms with Crippen molar-refractivity contribution in [3.05, 3.63) is 90.0 Å². The molecule has 35 heavy (non-hydrogen) atoms. The Morgan fingerprint density at radius 3 is 2.49 bits per heavy atom. The number of aromatic hydroxyl groups is 1. The molecule has 0 saturated heterocycles. The highest BCUT2D eigenvalue weighted by molar-refractivity contribution is 5.98. The van der Waals surface area contributed by atoms with Gasteiger partial charge in [0.25, 0.3) is 0 Å². The first-order chi connectivity index (χ1) is 17.0. The van der Waals surface area contributed by atoms with Gasteiger partial charge in [0, 0.05) is 28.0 Å². The number of phenolic OH excluding ortho intramolecular Hbond substituents is 1. The lowest BCUT2D eigenvalue weighted by Crippen LogP contribution is -2.06. The summed E-state index contributed by atoms with van der Waals surface area (Å²) in [7, 11) is 0. The number of aromatic amines is 1. The smallest absolute Gasteiger partial charge is 0.508 e. The van der Waals surface area contributed by atoms with Gasteiger partial charge in [0.15, 0.2) is 0 Å². The Kier molecular flexibility index (Phi) is 6.02. The van der Waals surface area contributed by atoms with Crippen molar-refractivity contribution < 1.29 is 24.5 Å². The quantitative estimate of drug-likeness (QED) is 0.176. The molecule has 4 aromatic carbocycles. The minimum Gasteiger partial charge on any atom is -0.508 e. The second kappa shape index (κ2) is 9.43. The van der Waals surface area contributed by atoms with Gasteiger partial charge in [0.1, 0.15) is 11.5 Å². The Balaban J connectivity index is 1.42. The number of hydrogen-bond donors (Lipinski definition) is 3. The maximum Gasteiger partial charge on any atom is 0.512 e. The molecule has 0 unspecified atom stereocenters. The molecule has 1 aromatic heterocycles. The van der Waals surface area contributed by atoms with Gasteiger partial charge in [0.05, 0.1) is 12.1 Å². The number of rotatable bonds is 7. The molecule has 0 bridgehead atoms. The van der Waals surface area contributed by atoms with Gasteiger partial charge in [-0.05, 0) is 42.3 Å². The van der Waals surface area contributed by atoms with Crippen LogP contribution < -0.4 is 9.47 Å². The van der Waals surface area contributed by atoms with Crippen molar-refractivity contribution >= 4 is 27.8 Å². The van der Waals surface area contributed by atoms with E-state index in [9.17, 15) is 15.0 Å². The molecule has 5 aromatic rings. The Morgan fingerprint density at radius 2 is 1.66 bits per heavy atom. The van der Waals surface area contributed by atoms with Gasteiger partial charge in [-0.1, -0.05) is 66.7 Å². The highest BCUT2D eigenvalue weighted by Crippen LogP contribution is 2.37. The number of nitrogens with one attached hydrogen (secondary N) is 1. The van der Waals surface area contributed by atoms with E-state index in [1.165, 1.54) is 0 Å². The highest BCUT2D eigenvalue weighted by atomic mass is 16.7. The van der Waals surface area contributed by atoms with Gasteiger partial charge in [-0.2, -0.15) is 0 Å². The summed E-state index contributed by atoms with van der Waals surface area (Å²) < 4.78 is 11.1. The molecule has 0 radical (unpaired) electrons. The largest absolute Gasteiger partial charge is 0.512 e. The number of benzene rings is 4. The third-order valence-electron chi connectivity index (χ3n) is 6.16. The van der Waals surface area contributed by atoms with Gasteiger partial charge < -0.3 is 24.7 Å². The second-order valence-corrected chi connectivity index (χ2v) is 8.46.